The monoisotopic (exact) mass is 605 g/mol. The van der Waals surface area contributed by atoms with E-state index < -0.39 is 17.7 Å². The van der Waals surface area contributed by atoms with Crippen LogP contribution in [0.2, 0.25) is 0 Å². The van der Waals surface area contributed by atoms with Gasteiger partial charge in [0.25, 0.3) is 5.91 Å². The molecule has 0 spiro atoms. The van der Waals surface area contributed by atoms with Crippen LogP contribution in [0.4, 0.5) is 10.5 Å². The zero-order valence-corrected chi connectivity index (χ0v) is 26.5. The van der Waals surface area contributed by atoms with E-state index in [-0.39, 0.29) is 36.9 Å². The molecule has 3 amide bonds. The second kappa shape index (κ2) is 12.4. The molecule has 1 aromatic heterocycles. The van der Waals surface area contributed by atoms with Gasteiger partial charge in [-0.1, -0.05) is 12.1 Å². The number of aromatic nitrogens is 2. The van der Waals surface area contributed by atoms with Crippen molar-refractivity contribution in [3.8, 4) is 5.75 Å². The lowest BCUT2D eigenvalue weighted by Crippen LogP contribution is -2.47. The van der Waals surface area contributed by atoms with Crippen molar-refractivity contribution in [3.05, 3.63) is 58.0 Å². The average Bonchev–Trinajstić information content (AvgIpc) is 3.22. The third-order valence-corrected chi connectivity index (χ3v) is 8.49. The lowest BCUT2D eigenvalue weighted by molar-refractivity contribution is -0.151. The van der Waals surface area contributed by atoms with Crippen molar-refractivity contribution < 1.29 is 23.9 Å². The number of carbonyl (C=O) groups excluding carboxylic acids is 3. The highest BCUT2D eigenvalue weighted by Crippen LogP contribution is 2.34. The topological polar surface area (TPSA) is 115 Å². The second-order valence-corrected chi connectivity index (χ2v) is 12.9. The van der Waals surface area contributed by atoms with Crippen LogP contribution < -0.4 is 20.6 Å². The first-order valence-electron chi connectivity index (χ1n) is 15.3. The van der Waals surface area contributed by atoms with Crippen molar-refractivity contribution in [1.82, 2.24) is 19.4 Å². The number of benzene rings is 2. The molecule has 0 radical (unpaired) electrons. The van der Waals surface area contributed by atoms with Crippen LogP contribution in [0.1, 0.15) is 63.6 Å². The summed E-state index contributed by atoms with van der Waals surface area (Å²) >= 11 is 0. The molecule has 2 aliphatic heterocycles. The average molecular weight is 606 g/mol. The van der Waals surface area contributed by atoms with Crippen molar-refractivity contribution >= 4 is 34.6 Å². The van der Waals surface area contributed by atoms with E-state index in [2.05, 4.69) is 16.3 Å². The summed E-state index contributed by atoms with van der Waals surface area (Å²) in [5.41, 5.74) is 3.39. The fraction of sp³-hybridized carbons (Fsp3) is 0.515. The van der Waals surface area contributed by atoms with Crippen LogP contribution in [-0.4, -0.2) is 64.3 Å². The molecule has 0 aliphatic carbocycles. The number of alkyl carbamates (subject to hydrolysis) is 1. The van der Waals surface area contributed by atoms with Crippen LogP contribution in [0.15, 0.2) is 41.2 Å². The number of hydrogen-bond acceptors (Lipinski definition) is 7. The molecule has 0 bridgehead atoms. The van der Waals surface area contributed by atoms with Crippen LogP contribution in [0, 0.1) is 12.8 Å². The second-order valence-electron chi connectivity index (χ2n) is 12.9. The molecule has 44 heavy (non-hydrogen) atoms. The van der Waals surface area contributed by atoms with Crippen molar-refractivity contribution in [3.63, 3.8) is 0 Å². The van der Waals surface area contributed by atoms with Gasteiger partial charge >= 0.3 is 11.8 Å². The Bertz CT molecular complexity index is 1610. The molecule has 236 valence electrons. The van der Waals surface area contributed by atoms with E-state index in [9.17, 15) is 19.2 Å². The molecule has 2 fully saturated rings. The summed E-state index contributed by atoms with van der Waals surface area (Å²) in [4.78, 5) is 56.2. The van der Waals surface area contributed by atoms with E-state index in [1.165, 1.54) is 4.90 Å². The highest BCUT2D eigenvalue weighted by atomic mass is 16.6. The first-order chi connectivity index (χ1) is 20.9. The van der Waals surface area contributed by atoms with Gasteiger partial charge < -0.3 is 19.7 Å². The number of hydrogen-bond donors (Lipinski definition) is 1. The van der Waals surface area contributed by atoms with Crippen LogP contribution in [0.3, 0.4) is 0 Å². The maximum Gasteiger partial charge on any atom is 0.407 e. The molecule has 5 rings (SSSR count). The number of ether oxygens (including phenoxy) is 2. The SMILES string of the molecule is COc1ccc(CN2C(=O)CCC(n3c(=O)n(C)c4c(N5CCC(CNC(=O)OC(C)(C)C)CC5)cc(C)cc43)C2=O)cc1. The number of methoxy groups -OCH3 is 1. The number of imide groups is 1. The molecular formula is C33H43N5O6. The molecule has 3 aromatic rings. The van der Waals surface area contributed by atoms with E-state index in [1.807, 2.05) is 45.9 Å². The van der Waals surface area contributed by atoms with Gasteiger partial charge in [0.05, 0.1) is 30.4 Å². The first kappa shape index (κ1) is 31.2. The highest BCUT2D eigenvalue weighted by molar-refractivity contribution is 6.00. The van der Waals surface area contributed by atoms with Gasteiger partial charge in [-0.3, -0.25) is 23.6 Å². The molecule has 2 saturated heterocycles. The summed E-state index contributed by atoms with van der Waals surface area (Å²) in [6, 6.07) is 10.5. The van der Waals surface area contributed by atoms with Crippen LogP contribution in [0.5, 0.6) is 5.75 Å². The van der Waals surface area contributed by atoms with E-state index in [4.69, 9.17) is 9.47 Å². The first-order valence-corrected chi connectivity index (χ1v) is 15.3. The minimum Gasteiger partial charge on any atom is -0.497 e. The van der Waals surface area contributed by atoms with Crippen LogP contribution in [0.25, 0.3) is 11.0 Å². The highest BCUT2D eigenvalue weighted by Gasteiger charge is 2.38. The van der Waals surface area contributed by atoms with E-state index in [0.29, 0.717) is 23.7 Å². The normalized spacial score (nSPS) is 18.2. The number of piperidine rings is 2. The quantitative estimate of drug-likeness (QED) is 0.400. The van der Waals surface area contributed by atoms with Gasteiger partial charge in [0.15, 0.2) is 0 Å². The fourth-order valence-corrected chi connectivity index (χ4v) is 6.23. The van der Waals surface area contributed by atoms with Gasteiger partial charge in [0.2, 0.25) is 5.91 Å². The molecule has 2 aliphatic rings. The summed E-state index contributed by atoms with van der Waals surface area (Å²) in [6.45, 7) is 9.75. The van der Waals surface area contributed by atoms with Gasteiger partial charge in [-0.05, 0) is 88.3 Å². The van der Waals surface area contributed by atoms with Crippen molar-refractivity contribution in [2.45, 2.75) is 71.6 Å². The zero-order valence-electron chi connectivity index (χ0n) is 26.5. The number of carbonyl (C=O) groups is 3. The Morgan fingerprint density at radius 1 is 1.02 bits per heavy atom. The van der Waals surface area contributed by atoms with E-state index >= 15 is 0 Å². The van der Waals surface area contributed by atoms with Gasteiger partial charge in [-0.15, -0.1) is 0 Å². The zero-order chi connectivity index (χ0) is 31.8. The van der Waals surface area contributed by atoms with E-state index in [0.717, 1.165) is 48.3 Å². The van der Waals surface area contributed by atoms with Crippen molar-refractivity contribution in [2.24, 2.45) is 13.0 Å². The van der Waals surface area contributed by atoms with Gasteiger partial charge in [0.1, 0.15) is 17.4 Å². The van der Waals surface area contributed by atoms with Crippen molar-refractivity contribution in [1.29, 1.82) is 0 Å². The molecular weight excluding hydrogens is 562 g/mol. The Labute approximate surface area is 257 Å². The minimum atomic E-state index is -0.776. The maximum absolute atomic E-state index is 13.8. The van der Waals surface area contributed by atoms with Crippen LogP contribution >= 0.6 is 0 Å². The summed E-state index contributed by atoms with van der Waals surface area (Å²) < 4.78 is 13.8. The smallest absolute Gasteiger partial charge is 0.407 e. The Morgan fingerprint density at radius 2 is 1.70 bits per heavy atom. The van der Waals surface area contributed by atoms with Gasteiger partial charge in [0, 0.05) is 33.1 Å². The Balaban J connectivity index is 1.37. The third-order valence-electron chi connectivity index (χ3n) is 8.49. The summed E-state index contributed by atoms with van der Waals surface area (Å²) in [7, 11) is 3.33. The summed E-state index contributed by atoms with van der Waals surface area (Å²) in [6.07, 6.45) is 1.80. The number of fused-ring (bicyclic) bond motifs is 1. The summed E-state index contributed by atoms with van der Waals surface area (Å²) in [5.74, 6) is 0.406. The number of rotatable bonds is 7. The molecule has 11 heteroatoms. The molecule has 1 N–H and O–H groups in total. The Morgan fingerprint density at radius 3 is 2.34 bits per heavy atom. The number of nitrogens with zero attached hydrogens (tertiary/aromatic N) is 4. The van der Waals surface area contributed by atoms with Gasteiger partial charge in [-0.2, -0.15) is 0 Å². The third kappa shape index (κ3) is 6.46. The number of anilines is 1. The van der Waals surface area contributed by atoms with Crippen LogP contribution in [-0.2, 0) is 27.9 Å². The standard InChI is InChI=1S/C33H43N5O6/c1-21-17-26(36-15-13-22(14-16-36)19-34-31(41)44-33(2,3)4)29-27(18-21)38(32(42)35(29)5)25-11-12-28(39)37(30(25)40)20-23-7-9-24(43-6)10-8-23/h7-10,17-18,22,25H,11-16,19-20H2,1-6H3,(H,34,41). The molecule has 3 heterocycles. The molecule has 1 atom stereocenters. The summed E-state index contributed by atoms with van der Waals surface area (Å²) in [5, 5.41) is 2.90. The molecule has 11 nitrogen and oxygen atoms in total. The number of nitrogens with one attached hydrogen (secondary N) is 1. The number of likely N-dealkylation sites (tertiary alicyclic amines) is 1. The molecule has 0 saturated carbocycles. The molecule has 1 unspecified atom stereocenters. The lowest BCUT2D eigenvalue weighted by atomic mass is 9.96. The largest absolute Gasteiger partial charge is 0.497 e. The molecule has 2 aromatic carbocycles. The minimum absolute atomic E-state index is 0.139. The Hall–Kier alpha value is -4.28. The maximum atomic E-state index is 13.8. The predicted molar refractivity (Wildman–Crippen MR) is 168 cm³/mol. The number of aryl methyl sites for hydroxylation is 2. The fourth-order valence-electron chi connectivity index (χ4n) is 6.23. The number of amides is 3. The number of imidazole rings is 1. The van der Waals surface area contributed by atoms with E-state index in [1.54, 1.807) is 35.4 Å². The Kier molecular flexibility index (Phi) is 8.76. The van der Waals surface area contributed by atoms with Gasteiger partial charge in [-0.25, -0.2) is 9.59 Å². The van der Waals surface area contributed by atoms with Crippen molar-refractivity contribution in [2.75, 3.05) is 31.6 Å². The lowest BCUT2D eigenvalue weighted by Gasteiger charge is -2.34. The predicted octanol–water partition coefficient (Wildman–Crippen LogP) is 4.29.